The second-order valence-electron chi connectivity index (χ2n) is 10.3. The van der Waals surface area contributed by atoms with Crippen LogP contribution >= 0.6 is 0 Å². The van der Waals surface area contributed by atoms with Crippen molar-refractivity contribution in [2.24, 2.45) is 5.41 Å². The molecule has 0 radical (unpaired) electrons. The fourth-order valence-electron chi connectivity index (χ4n) is 4.49. The Balaban J connectivity index is 1.23. The molecule has 1 aliphatic heterocycles. The van der Waals surface area contributed by atoms with E-state index >= 15 is 0 Å². The molecule has 1 saturated heterocycles. The van der Waals surface area contributed by atoms with E-state index in [-0.39, 0.29) is 30.8 Å². The molecule has 218 valence electrons. The van der Waals surface area contributed by atoms with Crippen LogP contribution in [0.4, 0.5) is 20.4 Å². The van der Waals surface area contributed by atoms with Crippen LogP contribution in [0.1, 0.15) is 24.6 Å². The van der Waals surface area contributed by atoms with Gasteiger partial charge >= 0.3 is 0 Å². The van der Waals surface area contributed by atoms with Crippen molar-refractivity contribution in [1.29, 1.82) is 0 Å². The molecular weight excluding hydrogens is 556 g/mol. The number of ether oxygens (including phenoxy) is 2. The number of pyridine rings is 1. The van der Waals surface area contributed by atoms with Crippen molar-refractivity contribution in [2.45, 2.75) is 19.8 Å². The second-order valence-corrected chi connectivity index (χ2v) is 10.3. The summed E-state index contributed by atoms with van der Waals surface area (Å²) in [5.41, 5.74) is 2.71. The van der Waals surface area contributed by atoms with Crippen LogP contribution in [0.3, 0.4) is 0 Å². The third kappa shape index (κ3) is 6.40. The van der Waals surface area contributed by atoms with E-state index in [0.717, 1.165) is 5.56 Å². The summed E-state index contributed by atoms with van der Waals surface area (Å²) >= 11 is 0. The molecule has 0 aliphatic carbocycles. The van der Waals surface area contributed by atoms with Crippen LogP contribution in [0.5, 0.6) is 0 Å². The van der Waals surface area contributed by atoms with E-state index in [2.05, 4.69) is 30.6 Å². The third-order valence-electron chi connectivity index (χ3n) is 6.91. The van der Waals surface area contributed by atoms with Crippen LogP contribution in [0.25, 0.3) is 22.6 Å². The first-order valence-electron chi connectivity index (χ1n) is 13.5. The largest absolute Gasteiger partial charge is 0.350 e. The Morgan fingerprint density at radius 1 is 0.977 bits per heavy atom. The zero-order valence-corrected chi connectivity index (χ0v) is 23.1. The third-order valence-corrected chi connectivity index (χ3v) is 6.91. The van der Waals surface area contributed by atoms with Crippen molar-refractivity contribution in [3.8, 4) is 22.6 Å². The number of nitrogens with zero attached hydrogens (tertiary/aromatic N) is 4. The number of hydrogen-bond acceptors (Lipinski definition) is 8. The summed E-state index contributed by atoms with van der Waals surface area (Å²) in [6.07, 6.45) is 3.90. The van der Waals surface area contributed by atoms with E-state index in [9.17, 15) is 13.6 Å². The lowest BCUT2D eigenvalue weighted by molar-refractivity contribution is -0.229. The second kappa shape index (κ2) is 12.0. The van der Waals surface area contributed by atoms with Gasteiger partial charge in [-0.05, 0) is 67.1 Å². The molecule has 0 atom stereocenters. The Labute approximate surface area is 245 Å². The van der Waals surface area contributed by atoms with Crippen molar-refractivity contribution in [3.63, 3.8) is 0 Å². The molecule has 2 aromatic carbocycles. The smallest absolute Gasteiger partial charge is 0.235 e. The molecule has 0 saturated carbocycles. The van der Waals surface area contributed by atoms with E-state index < -0.39 is 11.7 Å². The number of anilines is 2. The van der Waals surface area contributed by atoms with Crippen LogP contribution < -0.4 is 10.6 Å². The zero-order chi connectivity index (χ0) is 29.8. The molecule has 0 bridgehead atoms. The van der Waals surface area contributed by atoms with E-state index in [0.29, 0.717) is 46.7 Å². The van der Waals surface area contributed by atoms with Gasteiger partial charge in [-0.25, -0.2) is 23.7 Å². The highest BCUT2D eigenvalue weighted by atomic mass is 19.1. The lowest BCUT2D eigenvalue weighted by Crippen LogP contribution is -2.45. The Kier molecular flexibility index (Phi) is 7.86. The molecule has 1 amide bonds. The average Bonchev–Trinajstić information content (AvgIpc) is 3.48. The van der Waals surface area contributed by atoms with Gasteiger partial charge in [-0.1, -0.05) is 12.1 Å². The lowest BCUT2D eigenvalue weighted by Gasteiger charge is -2.35. The lowest BCUT2D eigenvalue weighted by atomic mass is 9.91. The first kappa shape index (κ1) is 28.1. The van der Waals surface area contributed by atoms with Gasteiger partial charge in [0.1, 0.15) is 11.6 Å². The highest BCUT2D eigenvalue weighted by Gasteiger charge is 2.41. The van der Waals surface area contributed by atoms with E-state index in [4.69, 9.17) is 14.5 Å². The molecule has 0 unspecified atom stereocenters. The maximum absolute atomic E-state index is 13.7. The molecule has 6 rings (SSSR count). The van der Waals surface area contributed by atoms with Gasteiger partial charge in [0.05, 0.1) is 47.6 Å². The van der Waals surface area contributed by atoms with Gasteiger partial charge in [0.2, 0.25) is 18.1 Å². The highest BCUT2D eigenvalue weighted by Crippen LogP contribution is 2.36. The Hall–Kier alpha value is -5.07. The van der Waals surface area contributed by atoms with Gasteiger partial charge in [0.25, 0.3) is 0 Å². The zero-order valence-electron chi connectivity index (χ0n) is 23.1. The SMILES string of the molecule is CC1(C(=O)Nc2cccnc2)COC(c2nc(-c3ccc(F)cc3)c(-c3ccnc(NCc4ccc(F)cc4)n3)[nH]2)OC1. The Morgan fingerprint density at radius 2 is 1.70 bits per heavy atom. The monoisotopic (exact) mass is 583 g/mol. The fraction of sp³-hybridized carbons (Fsp3) is 0.194. The number of imidazole rings is 1. The number of aromatic amines is 1. The number of hydrogen-bond donors (Lipinski definition) is 3. The minimum atomic E-state index is -0.945. The number of carbonyl (C=O) groups is 1. The van der Waals surface area contributed by atoms with Gasteiger partial charge in [0.15, 0.2) is 5.82 Å². The van der Waals surface area contributed by atoms with Crippen molar-refractivity contribution in [1.82, 2.24) is 24.9 Å². The molecular formula is C31H27F2N7O3. The maximum Gasteiger partial charge on any atom is 0.235 e. The molecule has 1 aliphatic rings. The number of aromatic nitrogens is 5. The summed E-state index contributed by atoms with van der Waals surface area (Å²) in [5, 5.41) is 5.99. The van der Waals surface area contributed by atoms with E-state index in [1.165, 1.54) is 24.3 Å². The quantitative estimate of drug-likeness (QED) is 0.218. The topological polar surface area (TPSA) is 127 Å². The summed E-state index contributed by atoms with van der Waals surface area (Å²) in [4.78, 5) is 34.0. The minimum absolute atomic E-state index is 0.0800. The number of nitrogens with one attached hydrogen (secondary N) is 3. The van der Waals surface area contributed by atoms with Crippen molar-refractivity contribution in [3.05, 3.63) is 108 Å². The summed E-state index contributed by atoms with van der Waals surface area (Å²) in [7, 11) is 0. The van der Waals surface area contributed by atoms with Crippen molar-refractivity contribution < 1.29 is 23.0 Å². The Morgan fingerprint density at radius 3 is 2.40 bits per heavy atom. The van der Waals surface area contributed by atoms with E-state index in [1.54, 1.807) is 68.0 Å². The summed E-state index contributed by atoms with van der Waals surface area (Å²) in [6, 6.07) is 17.3. The van der Waals surface area contributed by atoms with Crippen molar-refractivity contribution >= 4 is 17.5 Å². The van der Waals surface area contributed by atoms with Gasteiger partial charge in [0, 0.05) is 24.5 Å². The predicted molar refractivity (Wildman–Crippen MR) is 154 cm³/mol. The summed E-state index contributed by atoms with van der Waals surface area (Å²) in [5.74, 6) is -0.230. The first-order valence-corrected chi connectivity index (χ1v) is 13.5. The van der Waals surface area contributed by atoms with Crippen LogP contribution in [0.15, 0.2) is 85.3 Å². The molecule has 5 aromatic rings. The molecule has 3 N–H and O–H groups in total. The van der Waals surface area contributed by atoms with E-state index in [1.807, 2.05) is 0 Å². The molecule has 12 heteroatoms. The van der Waals surface area contributed by atoms with Gasteiger partial charge in [-0.2, -0.15) is 0 Å². The predicted octanol–water partition coefficient (Wildman–Crippen LogP) is 5.51. The number of H-pyrrole nitrogens is 1. The van der Waals surface area contributed by atoms with Crippen LogP contribution in [0, 0.1) is 17.0 Å². The number of amides is 1. The molecule has 0 spiro atoms. The first-order chi connectivity index (χ1) is 20.9. The van der Waals surface area contributed by atoms with Gasteiger partial charge < -0.3 is 25.1 Å². The number of rotatable bonds is 8. The molecule has 10 nitrogen and oxygen atoms in total. The van der Waals surface area contributed by atoms with Gasteiger partial charge in [-0.15, -0.1) is 0 Å². The minimum Gasteiger partial charge on any atom is -0.350 e. The summed E-state index contributed by atoms with van der Waals surface area (Å²) < 4.78 is 39.0. The molecule has 3 aromatic heterocycles. The normalized spacial score (nSPS) is 18.3. The summed E-state index contributed by atoms with van der Waals surface area (Å²) in [6.45, 7) is 2.31. The maximum atomic E-state index is 13.7. The highest BCUT2D eigenvalue weighted by molar-refractivity contribution is 5.95. The molecule has 1 fully saturated rings. The van der Waals surface area contributed by atoms with Crippen LogP contribution in [-0.2, 0) is 20.8 Å². The average molecular weight is 584 g/mol. The number of halogens is 2. The number of benzene rings is 2. The Bertz CT molecular complexity index is 1710. The fourth-order valence-corrected chi connectivity index (χ4v) is 4.49. The van der Waals surface area contributed by atoms with Crippen LogP contribution in [-0.4, -0.2) is 44.0 Å². The standard InChI is InChI=1S/C31H27F2N7O3/c1-31(29(41)37-23-3-2-13-34-16-23)17-42-28(43-18-31)27-39-25(20-6-10-22(33)11-7-20)26(40-27)24-12-14-35-30(38-24)36-15-19-4-8-21(32)9-5-19/h2-14,16,28H,15,17-18H2,1H3,(H,37,41)(H,39,40)(H,35,36,38). The van der Waals surface area contributed by atoms with Crippen LogP contribution in [0.2, 0.25) is 0 Å². The molecule has 43 heavy (non-hydrogen) atoms. The van der Waals surface area contributed by atoms with Gasteiger partial charge in [-0.3, -0.25) is 9.78 Å². The van der Waals surface area contributed by atoms with Crippen molar-refractivity contribution in [2.75, 3.05) is 23.8 Å². The number of carbonyl (C=O) groups excluding carboxylic acids is 1. The molecule has 4 heterocycles.